The summed E-state index contributed by atoms with van der Waals surface area (Å²) in [5, 5.41) is 0. The second-order valence-corrected chi connectivity index (χ2v) is 6.34. The first-order valence-electron chi connectivity index (χ1n) is 7.12. The van der Waals surface area contributed by atoms with Crippen LogP contribution in [-0.2, 0) is 0 Å². The first-order valence-corrected chi connectivity index (χ1v) is 8.11. The Morgan fingerprint density at radius 2 is 1.83 bits per heavy atom. The maximum absolute atomic E-state index is 2.62. The molecule has 98 valence electrons. The second kappa shape index (κ2) is 5.98. The molecule has 0 N–H and O–H groups in total. The standard InChI is InChI=1S/C15H22N2S/c1-2-7-15-14(6-1)17(12-13-18-15)11-5-10-16-8-3-4-9-16/h1-2,6-7H,3-5,8-13H2. The molecule has 2 nitrogen and oxygen atoms in total. The number of rotatable bonds is 4. The highest BCUT2D eigenvalue weighted by Crippen LogP contribution is 2.34. The van der Waals surface area contributed by atoms with E-state index in [1.54, 1.807) is 0 Å². The van der Waals surface area contributed by atoms with Gasteiger partial charge in [-0.15, -0.1) is 11.8 Å². The van der Waals surface area contributed by atoms with Gasteiger partial charge in [-0.3, -0.25) is 0 Å². The number of hydrogen-bond acceptors (Lipinski definition) is 3. The van der Waals surface area contributed by atoms with Gasteiger partial charge < -0.3 is 9.80 Å². The molecule has 0 saturated carbocycles. The lowest BCUT2D eigenvalue weighted by Gasteiger charge is -2.31. The van der Waals surface area contributed by atoms with Crippen LogP contribution in [-0.4, -0.2) is 43.4 Å². The van der Waals surface area contributed by atoms with Crippen LogP contribution >= 0.6 is 11.8 Å². The van der Waals surface area contributed by atoms with Crippen molar-refractivity contribution in [1.82, 2.24) is 4.90 Å². The molecule has 0 aromatic heterocycles. The molecule has 1 aromatic carbocycles. The molecule has 0 bridgehead atoms. The van der Waals surface area contributed by atoms with Crippen LogP contribution in [0, 0.1) is 0 Å². The monoisotopic (exact) mass is 262 g/mol. The highest BCUT2D eigenvalue weighted by atomic mass is 32.2. The third kappa shape index (κ3) is 2.83. The van der Waals surface area contributed by atoms with E-state index in [-0.39, 0.29) is 0 Å². The van der Waals surface area contributed by atoms with Crippen molar-refractivity contribution < 1.29 is 0 Å². The molecule has 0 amide bonds. The Kier molecular flexibility index (Phi) is 4.11. The van der Waals surface area contributed by atoms with Crippen molar-refractivity contribution in [2.75, 3.05) is 43.4 Å². The summed E-state index contributed by atoms with van der Waals surface area (Å²) < 4.78 is 0. The molecule has 2 heterocycles. The lowest BCUT2D eigenvalue weighted by Crippen LogP contribution is -2.32. The smallest absolute Gasteiger partial charge is 0.0504 e. The third-order valence-electron chi connectivity index (χ3n) is 3.93. The van der Waals surface area contributed by atoms with E-state index in [0.717, 1.165) is 0 Å². The predicted molar refractivity (Wildman–Crippen MR) is 79.7 cm³/mol. The number of para-hydroxylation sites is 1. The van der Waals surface area contributed by atoms with E-state index in [4.69, 9.17) is 0 Å². The molecular formula is C15H22N2S. The summed E-state index contributed by atoms with van der Waals surface area (Å²) in [6, 6.07) is 8.85. The SMILES string of the molecule is c1ccc2c(c1)SCCN2CCCN1CCCC1. The number of likely N-dealkylation sites (tertiary alicyclic amines) is 1. The Morgan fingerprint density at radius 3 is 2.72 bits per heavy atom. The molecular weight excluding hydrogens is 240 g/mol. The van der Waals surface area contributed by atoms with Crippen molar-refractivity contribution in [2.45, 2.75) is 24.2 Å². The van der Waals surface area contributed by atoms with Crippen LogP contribution in [0.3, 0.4) is 0 Å². The van der Waals surface area contributed by atoms with Crippen molar-refractivity contribution in [3.05, 3.63) is 24.3 Å². The molecule has 0 spiro atoms. The normalized spacial score (nSPS) is 20.1. The minimum Gasteiger partial charge on any atom is -0.370 e. The number of anilines is 1. The van der Waals surface area contributed by atoms with Gasteiger partial charge in [0, 0.05) is 23.7 Å². The van der Waals surface area contributed by atoms with Crippen molar-refractivity contribution in [3.63, 3.8) is 0 Å². The molecule has 3 heteroatoms. The molecule has 1 fully saturated rings. The highest BCUT2D eigenvalue weighted by molar-refractivity contribution is 7.99. The molecule has 0 radical (unpaired) electrons. The van der Waals surface area contributed by atoms with Gasteiger partial charge in [0.1, 0.15) is 0 Å². The molecule has 1 aromatic rings. The molecule has 0 unspecified atom stereocenters. The lowest BCUT2D eigenvalue weighted by atomic mass is 10.2. The van der Waals surface area contributed by atoms with E-state index in [9.17, 15) is 0 Å². The summed E-state index contributed by atoms with van der Waals surface area (Å²) in [5.41, 5.74) is 1.45. The number of thioether (sulfide) groups is 1. The van der Waals surface area contributed by atoms with E-state index in [2.05, 4.69) is 34.1 Å². The summed E-state index contributed by atoms with van der Waals surface area (Å²) in [7, 11) is 0. The van der Waals surface area contributed by atoms with Gasteiger partial charge >= 0.3 is 0 Å². The van der Waals surface area contributed by atoms with Gasteiger partial charge in [0.2, 0.25) is 0 Å². The first kappa shape index (κ1) is 12.4. The maximum Gasteiger partial charge on any atom is 0.0504 e. The summed E-state index contributed by atoms with van der Waals surface area (Å²) in [5.74, 6) is 1.24. The third-order valence-corrected chi connectivity index (χ3v) is 4.97. The van der Waals surface area contributed by atoms with E-state index >= 15 is 0 Å². The Morgan fingerprint density at radius 1 is 1.00 bits per heavy atom. The topological polar surface area (TPSA) is 6.48 Å². The van der Waals surface area contributed by atoms with Gasteiger partial charge in [0.15, 0.2) is 0 Å². The zero-order chi connectivity index (χ0) is 12.2. The van der Waals surface area contributed by atoms with Gasteiger partial charge in [-0.1, -0.05) is 12.1 Å². The highest BCUT2D eigenvalue weighted by Gasteiger charge is 2.17. The average molecular weight is 262 g/mol. The zero-order valence-electron chi connectivity index (χ0n) is 11.0. The number of nitrogens with zero attached hydrogens (tertiary/aromatic N) is 2. The molecule has 3 rings (SSSR count). The first-order chi connectivity index (χ1) is 8.93. The zero-order valence-corrected chi connectivity index (χ0v) is 11.8. The van der Waals surface area contributed by atoms with Crippen LogP contribution in [0.5, 0.6) is 0 Å². The Labute approximate surface area is 114 Å². The van der Waals surface area contributed by atoms with Crippen molar-refractivity contribution in [1.29, 1.82) is 0 Å². The lowest BCUT2D eigenvalue weighted by molar-refractivity contribution is 0.334. The minimum absolute atomic E-state index is 1.21. The molecule has 0 aliphatic carbocycles. The fraction of sp³-hybridized carbons (Fsp3) is 0.600. The van der Waals surface area contributed by atoms with Crippen LogP contribution in [0.1, 0.15) is 19.3 Å². The van der Waals surface area contributed by atoms with Gasteiger partial charge in [0.25, 0.3) is 0 Å². The quantitative estimate of drug-likeness (QED) is 0.823. The van der Waals surface area contributed by atoms with Gasteiger partial charge in [0.05, 0.1) is 5.69 Å². The fourth-order valence-corrected chi connectivity index (χ4v) is 4.00. The number of benzene rings is 1. The Balaban J connectivity index is 1.54. The van der Waals surface area contributed by atoms with Gasteiger partial charge in [-0.05, 0) is 51.0 Å². The Bertz CT molecular complexity index is 388. The van der Waals surface area contributed by atoms with Crippen LogP contribution in [0.25, 0.3) is 0 Å². The second-order valence-electron chi connectivity index (χ2n) is 5.21. The maximum atomic E-state index is 2.62. The minimum atomic E-state index is 1.21. The number of hydrogen-bond donors (Lipinski definition) is 0. The van der Waals surface area contributed by atoms with Crippen LogP contribution in [0.4, 0.5) is 5.69 Å². The Hall–Kier alpha value is -0.670. The van der Waals surface area contributed by atoms with E-state index in [1.807, 2.05) is 11.8 Å². The molecule has 2 aliphatic heterocycles. The van der Waals surface area contributed by atoms with Crippen molar-refractivity contribution in [3.8, 4) is 0 Å². The summed E-state index contributed by atoms with van der Waals surface area (Å²) in [6.07, 6.45) is 4.12. The van der Waals surface area contributed by atoms with Crippen LogP contribution in [0.2, 0.25) is 0 Å². The molecule has 2 aliphatic rings. The van der Waals surface area contributed by atoms with Crippen molar-refractivity contribution >= 4 is 17.4 Å². The van der Waals surface area contributed by atoms with E-state index in [0.29, 0.717) is 0 Å². The molecule has 0 atom stereocenters. The number of fused-ring (bicyclic) bond motifs is 1. The van der Waals surface area contributed by atoms with E-state index < -0.39 is 0 Å². The summed E-state index contributed by atoms with van der Waals surface area (Å²) >= 11 is 2.00. The average Bonchev–Trinajstić information content (AvgIpc) is 2.92. The van der Waals surface area contributed by atoms with E-state index in [1.165, 1.54) is 68.3 Å². The van der Waals surface area contributed by atoms with Gasteiger partial charge in [-0.25, -0.2) is 0 Å². The van der Waals surface area contributed by atoms with Crippen LogP contribution in [0.15, 0.2) is 29.2 Å². The van der Waals surface area contributed by atoms with Crippen molar-refractivity contribution in [2.24, 2.45) is 0 Å². The summed E-state index contributed by atoms with van der Waals surface area (Å²) in [4.78, 5) is 6.65. The van der Waals surface area contributed by atoms with Gasteiger partial charge in [-0.2, -0.15) is 0 Å². The molecule has 18 heavy (non-hydrogen) atoms. The largest absolute Gasteiger partial charge is 0.370 e. The molecule has 1 saturated heterocycles. The summed E-state index contributed by atoms with van der Waals surface area (Å²) in [6.45, 7) is 6.36. The van der Waals surface area contributed by atoms with Crippen LogP contribution < -0.4 is 4.90 Å². The fourth-order valence-electron chi connectivity index (χ4n) is 2.95. The predicted octanol–water partition coefficient (Wildman–Crippen LogP) is 3.08.